The number of amides is 3. The van der Waals surface area contributed by atoms with Gasteiger partial charge in [0.25, 0.3) is 0 Å². The summed E-state index contributed by atoms with van der Waals surface area (Å²) in [6, 6.07) is 10.4. The lowest BCUT2D eigenvalue weighted by Crippen LogP contribution is -2.47. The van der Waals surface area contributed by atoms with E-state index in [0.717, 1.165) is 39.1 Å². The Morgan fingerprint density at radius 3 is 2.17 bits per heavy atom. The van der Waals surface area contributed by atoms with Gasteiger partial charge >= 0.3 is 11.8 Å². The first-order valence-electron chi connectivity index (χ1n) is 11.0. The lowest BCUT2D eigenvalue weighted by Gasteiger charge is -2.33. The molecule has 3 aliphatic rings. The van der Waals surface area contributed by atoms with Crippen LogP contribution in [0.25, 0.3) is 0 Å². The van der Waals surface area contributed by atoms with Crippen molar-refractivity contribution in [1.82, 2.24) is 14.7 Å². The molecule has 1 aromatic carbocycles. The number of carbonyl (C=O) groups excluding carboxylic acids is 3. The third-order valence-electron chi connectivity index (χ3n) is 6.84. The number of benzene rings is 1. The number of rotatable bonds is 5. The molecular formula is C23H31N4O3. The maximum atomic E-state index is 13.0. The maximum Gasteiger partial charge on any atom is 0.311 e. The van der Waals surface area contributed by atoms with Crippen LogP contribution in [-0.2, 0) is 14.4 Å². The summed E-state index contributed by atoms with van der Waals surface area (Å²) >= 11 is 0. The first-order chi connectivity index (χ1) is 14.5. The van der Waals surface area contributed by atoms with Gasteiger partial charge in [0.15, 0.2) is 0 Å². The third-order valence-corrected chi connectivity index (χ3v) is 6.84. The number of hydrogen-bond acceptors (Lipinski definition) is 4. The van der Waals surface area contributed by atoms with Gasteiger partial charge in [0.1, 0.15) is 0 Å². The van der Waals surface area contributed by atoms with Crippen molar-refractivity contribution in [2.45, 2.75) is 19.3 Å². The van der Waals surface area contributed by atoms with Crippen LogP contribution in [0, 0.1) is 24.2 Å². The van der Waals surface area contributed by atoms with Crippen LogP contribution >= 0.6 is 0 Å². The fraction of sp³-hybridized carbons (Fsp3) is 0.565. The van der Waals surface area contributed by atoms with Crippen LogP contribution in [0.3, 0.4) is 0 Å². The lowest BCUT2D eigenvalue weighted by molar-refractivity contribution is -0.146. The molecule has 3 fully saturated rings. The molecule has 0 saturated carbocycles. The van der Waals surface area contributed by atoms with Gasteiger partial charge in [0, 0.05) is 45.2 Å². The molecule has 0 bridgehead atoms. The van der Waals surface area contributed by atoms with E-state index in [2.05, 4.69) is 35.6 Å². The van der Waals surface area contributed by atoms with Crippen molar-refractivity contribution in [3.05, 3.63) is 42.3 Å². The first-order valence-corrected chi connectivity index (χ1v) is 11.0. The molecule has 0 aromatic heterocycles. The highest BCUT2D eigenvalue weighted by Gasteiger charge is 2.43. The fourth-order valence-corrected chi connectivity index (χ4v) is 5.20. The van der Waals surface area contributed by atoms with E-state index in [9.17, 15) is 14.4 Å². The average Bonchev–Trinajstić information content (AvgIpc) is 3.32. The summed E-state index contributed by atoms with van der Waals surface area (Å²) in [5, 5.41) is 0. The van der Waals surface area contributed by atoms with Gasteiger partial charge in [0.05, 0.1) is 0 Å². The van der Waals surface area contributed by atoms with Gasteiger partial charge in [-0.15, -0.1) is 0 Å². The number of piperidine rings is 1. The van der Waals surface area contributed by atoms with Crippen molar-refractivity contribution in [3.8, 4) is 0 Å². The molecule has 0 aliphatic carbocycles. The SMILES string of the molecule is NC(=O)C(=O)N1CCC(C(=O)N2CC3CN(CC[CH]c4ccccc4)C[C@H]3C2)CC1. The average molecular weight is 412 g/mol. The van der Waals surface area contributed by atoms with E-state index in [1.807, 2.05) is 11.0 Å². The zero-order valence-electron chi connectivity index (χ0n) is 17.4. The zero-order chi connectivity index (χ0) is 21.1. The van der Waals surface area contributed by atoms with E-state index in [-0.39, 0.29) is 11.8 Å². The number of carbonyl (C=O) groups is 3. The highest BCUT2D eigenvalue weighted by atomic mass is 16.2. The Bertz CT molecular complexity index is 762. The van der Waals surface area contributed by atoms with Crippen molar-refractivity contribution >= 4 is 17.7 Å². The predicted molar refractivity (Wildman–Crippen MR) is 113 cm³/mol. The Labute approximate surface area is 178 Å². The summed E-state index contributed by atoms with van der Waals surface area (Å²) in [6.45, 7) is 5.79. The fourth-order valence-electron chi connectivity index (χ4n) is 5.20. The van der Waals surface area contributed by atoms with Gasteiger partial charge in [0.2, 0.25) is 5.91 Å². The summed E-state index contributed by atoms with van der Waals surface area (Å²) < 4.78 is 0. The molecule has 161 valence electrons. The second kappa shape index (κ2) is 9.16. The van der Waals surface area contributed by atoms with E-state index in [4.69, 9.17) is 5.73 Å². The molecule has 4 rings (SSSR count). The Morgan fingerprint density at radius 2 is 1.57 bits per heavy atom. The van der Waals surface area contributed by atoms with Crippen LogP contribution in [0.4, 0.5) is 0 Å². The largest absolute Gasteiger partial charge is 0.361 e. The van der Waals surface area contributed by atoms with Crippen molar-refractivity contribution in [2.24, 2.45) is 23.5 Å². The molecule has 3 saturated heterocycles. The topological polar surface area (TPSA) is 86.9 Å². The lowest BCUT2D eigenvalue weighted by atomic mass is 9.95. The highest BCUT2D eigenvalue weighted by molar-refractivity contribution is 6.34. The second-order valence-electron chi connectivity index (χ2n) is 8.86. The quantitative estimate of drug-likeness (QED) is 0.724. The predicted octanol–water partition coefficient (Wildman–Crippen LogP) is 0.743. The van der Waals surface area contributed by atoms with E-state index in [0.29, 0.717) is 37.8 Å². The van der Waals surface area contributed by atoms with E-state index < -0.39 is 11.8 Å². The van der Waals surface area contributed by atoms with Crippen molar-refractivity contribution in [3.63, 3.8) is 0 Å². The number of primary amides is 1. The van der Waals surface area contributed by atoms with Crippen molar-refractivity contribution < 1.29 is 14.4 Å². The van der Waals surface area contributed by atoms with E-state index >= 15 is 0 Å². The summed E-state index contributed by atoms with van der Waals surface area (Å²) in [4.78, 5) is 41.8. The van der Waals surface area contributed by atoms with E-state index in [1.54, 1.807) is 0 Å². The smallest absolute Gasteiger partial charge is 0.311 e. The number of nitrogens with two attached hydrogens (primary N) is 1. The number of likely N-dealkylation sites (tertiary alicyclic amines) is 3. The Morgan fingerprint density at radius 1 is 0.933 bits per heavy atom. The molecule has 1 radical (unpaired) electrons. The molecule has 3 heterocycles. The van der Waals surface area contributed by atoms with Crippen LogP contribution in [-0.4, -0.2) is 78.2 Å². The molecule has 2 atom stereocenters. The maximum absolute atomic E-state index is 13.0. The van der Waals surface area contributed by atoms with Crippen LogP contribution < -0.4 is 5.73 Å². The normalized spacial score (nSPS) is 24.8. The zero-order valence-corrected chi connectivity index (χ0v) is 17.4. The minimum atomic E-state index is -0.918. The highest BCUT2D eigenvalue weighted by Crippen LogP contribution is 2.33. The first kappa shape index (κ1) is 20.8. The molecule has 7 nitrogen and oxygen atoms in total. The summed E-state index contributed by atoms with van der Waals surface area (Å²) in [6.07, 6.45) is 4.57. The Hall–Kier alpha value is -2.41. The summed E-state index contributed by atoms with van der Waals surface area (Å²) in [5.41, 5.74) is 6.35. The number of fused-ring (bicyclic) bond motifs is 1. The summed E-state index contributed by atoms with van der Waals surface area (Å²) in [7, 11) is 0. The van der Waals surface area contributed by atoms with Crippen LogP contribution in [0.15, 0.2) is 30.3 Å². The molecular weight excluding hydrogens is 380 g/mol. The number of nitrogens with zero attached hydrogens (tertiary/aromatic N) is 3. The number of hydrogen-bond donors (Lipinski definition) is 1. The van der Waals surface area contributed by atoms with Crippen molar-refractivity contribution in [2.75, 3.05) is 45.8 Å². The van der Waals surface area contributed by atoms with Crippen LogP contribution in [0.5, 0.6) is 0 Å². The molecule has 30 heavy (non-hydrogen) atoms. The second-order valence-corrected chi connectivity index (χ2v) is 8.86. The third kappa shape index (κ3) is 4.67. The van der Waals surface area contributed by atoms with Gasteiger partial charge in [-0.1, -0.05) is 30.3 Å². The molecule has 0 spiro atoms. The van der Waals surface area contributed by atoms with E-state index in [1.165, 1.54) is 10.5 Å². The van der Waals surface area contributed by atoms with Gasteiger partial charge in [-0.25, -0.2) is 0 Å². The molecule has 1 unspecified atom stereocenters. The Kier molecular flexibility index (Phi) is 6.37. The minimum absolute atomic E-state index is 0.0441. The molecule has 3 aliphatic heterocycles. The van der Waals surface area contributed by atoms with Crippen molar-refractivity contribution in [1.29, 1.82) is 0 Å². The van der Waals surface area contributed by atoms with Crippen LogP contribution in [0.1, 0.15) is 24.8 Å². The summed E-state index contributed by atoms with van der Waals surface area (Å²) in [5.74, 6) is -0.236. The van der Waals surface area contributed by atoms with Gasteiger partial charge < -0.3 is 20.4 Å². The molecule has 7 heteroatoms. The Balaban J connectivity index is 1.18. The molecule has 3 amide bonds. The monoisotopic (exact) mass is 411 g/mol. The molecule has 1 aromatic rings. The van der Waals surface area contributed by atoms with Gasteiger partial charge in [-0.3, -0.25) is 14.4 Å². The van der Waals surface area contributed by atoms with Gasteiger partial charge in [-0.05, 0) is 49.6 Å². The minimum Gasteiger partial charge on any atom is -0.361 e. The van der Waals surface area contributed by atoms with Crippen LogP contribution in [0.2, 0.25) is 0 Å². The standard InChI is InChI=1S/C23H31N4O3/c24-21(28)23(30)26-11-8-18(9-12-26)22(29)27-15-19-13-25(14-20(19)16-27)10-4-7-17-5-2-1-3-6-17/h1-3,5-7,18-20H,4,8-16H2,(H2,24,28)/t19-,20?/m0/s1. The van der Waals surface area contributed by atoms with Gasteiger partial charge in [-0.2, -0.15) is 0 Å². The molecule has 2 N–H and O–H groups in total.